The minimum Gasteiger partial charge on any atom is -0.494 e. The fourth-order valence-electron chi connectivity index (χ4n) is 8.84. The maximum atomic E-state index is 15.2. The first kappa shape index (κ1) is 42.4. The lowest BCUT2D eigenvalue weighted by molar-refractivity contribution is -0.926. The van der Waals surface area contributed by atoms with Crippen LogP contribution in [0.25, 0.3) is 22.3 Å². The number of halogens is 1. The number of imide groups is 1. The van der Waals surface area contributed by atoms with Gasteiger partial charge in [0.05, 0.1) is 56.3 Å². The third-order valence-corrected chi connectivity index (χ3v) is 12.6. The molecule has 1 saturated heterocycles. The molecule has 0 radical (unpaired) electrons. The van der Waals surface area contributed by atoms with Crippen molar-refractivity contribution >= 4 is 46.2 Å². The van der Waals surface area contributed by atoms with E-state index >= 15 is 4.39 Å². The molecule has 1 fully saturated rings. The number of quaternary nitrogens is 1. The van der Waals surface area contributed by atoms with Crippen LogP contribution in [0.4, 0.5) is 10.1 Å². The molecule has 18 heteroatoms. The number of cyclic esters (lactones) is 1. The fourth-order valence-corrected chi connectivity index (χ4v) is 8.84. The smallest absolute Gasteiger partial charge is 0.343 e. The van der Waals surface area contributed by atoms with Gasteiger partial charge in [-0.3, -0.25) is 33.8 Å². The van der Waals surface area contributed by atoms with Gasteiger partial charge in [0, 0.05) is 72.2 Å². The Labute approximate surface area is 355 Å². The Morgan fingerprint density at radius 1 is 1.05 bits per heavy atom. The first-order valence-corrected chi connectivity index (χ1v) is 20.5. The van der Waals surface area contributed by atoms with Crippen molar-refractivity contribution in [1.82, 2.24) is 24.7 Å². The van der Waals surface area contributed by atoms with E-state index in [9.17, 15) is 33.9 Å². The van der Waals surface area contributed by atoms with Crippen molar-refractivity contribution in [3.05, 3.63) is 98.6 Å². The lowest BCUT2D eigenvalue weighted by atomic mass is 9.86. The summed E-state index contributed by atoms with van der Waals surface area (Å²) < 4.78 is 28.1. The maximum Gasteiger partial charge on any atom is 0.343 e. The van der Waals surface area contributed by atoms with Crippen molar-refractivity contribution in [3.8, 4) is 17.1 Å². The molecule has 17 nitrogen and oxygen atoms in total. The van der Waals surface area contributed by atoms with Gasteiger partial charge < -0.3 is 40.0 Å². The summed E-state index contributed by atoms with van der Waals surface area (Å²) >= 11 is 0. The normalized spacial score (nSPS) is 20.0. The molecule has 2 unspecified atom stereocenters. The number of likely N-dealkylation sites (N-methyl/N-ethyl adjacent to an activating group) is 1. The van der Waals surface area contributed by atoms with Crippen LogP contribution in [0.2, 0.25) is 0 Å². The van der Waals surface area contributed by atoms with Gasteiger partial charge in [-0.25, -0.2) is 14.2 Å². The predicted molar refractivity (Wildman–Crippen MR) is 222 cm³/mol. The van der Waals surface area contributed by atoms with Gasteiger partial charge in [0.2, 0.25) is 11.8 Å². The van der Waals surface area contributed by atoms with E-state index < -0.39 is 53.1 Å². The zero-order chi connectivity index (χ0) is 44.2. The number of ether oxygens (including phenoxy) is 2. The van der Waals surface area contributed by atoms with Gasteiger partial charge in [-0.05, 0) is 43.2 Å². The number of benzene rings is 2. The molecule has 0 bridgehead atoms. The minimum absolute atomic E-state index is 0.0138. The summed E-state index contributed by atoms with van der Waals surface area (Å²) in [6, 6.07) is 9.87. The molecular weight excluding hydrogens is 804 g/mol. The number of carbonyl (C=O) groups excluding carboxylic acids is 5. The van der Waals surface area contributed by atoms with Crippen LogP contribution < -0.4 is 26.7 Å². The van der Waals surface area contributed by atoms with E-state index in [2.05, 4.69) is 22.6 Å². The third-order valence-electron chi connectivity index (χ3n) is 12.6. The van der Waals surface area contributed by atoms with Gasteiger partial charge in [-0.1, -0.05) is 19.1 Å². The molecular formula is C44H48FN8O9+. The first-order chi connectivity index (χ1) is 29.6. The number of pyridine rings is 2. The number of amides is 4. The molecule has 4 aromatic rings. The highest BCUT2D eigenvalue weighted by Crippen LogP contribution is 2.41. The highest BCUT2D eigenvalue weighted by Gasteiger charge is 2.46. The van der Waals surface area contributed by atoms with Crippen LogP contribution in [-0.4, -0.2) is 118 Å². The number of anilines is 1. The van der Waals surface area contributed by atoms with Gasteiger partial charge in [-0.2, -0.15) is 0 Å². The van der Waals surface area contributed by atoms with Crippen molar-refractivity contribution in [2.75, 3.05) is 52.2 Å². The van der Waals surface area contributed by atoms with Gasteiger partial charge in [0.25, 0.3) is 17.4 Å². The summed E-state index contributed by atoms with van der Waals surface area (Å²) in [6.45, 7) is 7.10. The Morgan fingerprint density at radius 3 is 2.39 bits per heavy atom. The molecule has 62 heavy (non-hydrogen) atoms. The molecule has 5 N–H and O–H groups in total. The van der Waals surface area contributed by atoms with Gasteiger partial charge in [0.1, 0.15) is 25.2 Å². The zero-order valence-corrected chi connectivity index (χ0v) is 34.8. The number of fused-ring (bicyclic) bond motifs is 5. The number of piperazine rings is 1. The molecule has 2 aromatic heterocycles. The maximum absolute atomic E-state index is 15.2. The number of esters is 1. The van der Waals surface area contributed by atoms with Crippen molar-refractivity contribution in [2.45, 2.75) is 64.2 Å². The monoisotopic (exact) mass is 851 g/mol. The molecule has 0 saturated carbocycles. The second-order valence-electron chi connectivity index (χ2n) is 16.6. The second-order valence-corrected chi connectivity index (χ2v) is 16.6. The van der Waals surface area contributed by atoms with Crippen LogP contribution in [0.1, 0.15) is 48.1 Å². The number of hydrogen-bond acceptors (Lipinski definition) is 12. The Balaban J connectivity index is 0.950. The molecule has 4 aliphatic rings. The molecule has 6 heterocycles. The van der Waals surface area contributed by atoms with Crippen LogP contribution >= 0.6 is 0 Å². The molecule has 8 rings (SSSR count). The number of nitrogens with one attached hydrogen (secondary N) is 2. The van der Waals surface area contributed by atoms with E-state index in [1.807, 2.05) is 12.1 Å². The van der Waals surface area contributed by atoms with Crippen LogP contribution in [0.15, 0.2) is 59.4 Å². The van der Waals surface area contributed by atoms with Crippen LogP contribution in [0.5, 0.6) is 5.75 Å². The number of aromatic nitrogens is 2. The summed E-state index contributed by atoms with van der Waals surface area (Å²) in [5.74, 6) is -3.81. The molecule has 2 aromatic carbocycles. The molecule has 0 aliphatic carbocycles. The summed E-state index contributed by atoms with van der Waals surface area (Å²) in [5, 5.41) is 17.4. The van der Waals surface area contributed by atoms with Crippen LogP contribution in [0.3, 0.4) is 0 Å². The van der Waals surface area contributed by atoms with Crippen molar-refractivity contribution in [2.24, 2.45) is 5.73 Å². The van der Waals surface area contributed by atoms with E-state index in [0.717, 1.165) is 70.9 Å². The number of hydrogen-bond donors (Lipinski definition) is 4. The first-order valence-electron chi connectivity index (χ1n) is 20.5. The number of nitrogens with zero attached hydrogens (tertiary/aromatic N) is 5. The Kier molecular flexibility index (Phi) is 11.0. The Bertz CT molecular complexity index is 2620. The molecule has 324 valence electrons. The average molecular weight is 852 g/mol. The summed E-state index contributed by atoms with van der Waals surface area (Å²) in [5.41, 5.74) is 8.39. The number of methoxy groups -OCH3 is 1. The van der Waals surface area contributed by atoms with E-state index in [0.29, 0.717) is 34.5 Å². The van der Waals surface area contributed by atoms with Crippen molar-refractivity contribution < 1.29 is 47.4 Å². The number of carbonyl (C=O) groups is 5. The Morgan fingerprint density at radius 2 is 1.74 bits per heavy atom. The highest BCUT2D eigenvalue weighted by atomic mass is 19.1. The van der Waals surface area contributed by atoms with E-state index in [1.165, 1.54) is 20.1 Å². The summed E-state index contributed by atoms with van der Waals surface area (Å²) in [7, 11) is 3.60. The largest absolute Gasteiger partial charge is 0.494 e. The zero-order valence-electron chi connectivity index (χ0n) is 34.8. The van der Waals surface area contributed by atoms with E-state index in [4.69, 9.17) is 20.2 Å². The summed E-state index contributed by atoms with van der Waals surface area (Å²) in [6.07, 6.45) is 2.14. The standard InChI is InChI=1S/C44H47FN8O9/c1-5-44(60)31-17-34-39-29(21-51(34)42(58)30(31)23-62-43(44)59)28(27-16-36(61-4)32(45)18-33(27)49-39)20-50-12-14-53(3,15-13-50)22-25-6-8-26(9-7-25)48-40(56)24(2)47-41(57)35(19-46)52-37(54)10-11-38(52)55/h6-11,16-18,24,35,60H,5,12-15,19-23,46H2,1-4H3,(H-,47,48,56,57)/p+1/t24?,35?,44-/m0/s1. The van der Waals surface area contributed by atoms with Gasteiger partial charge >= 0.3 is 5.97 Å². The predicted octanol–water partition coefficient (Wildman–Crippen LogP) is 1.39. The Hall–Kier alpha value is -6.34. The van der Waals surface area contributed by atoms with Gasteiger partial charge in [-0.15, -0.1) is 0 Å². The van der Waals surface area contributed by atoms with Crippen LogP contribution in [0, 0.1) is 5.82 Å². The minimum atomic E-state index is -1.98. The number of nitrogens with two attached hydrogens (primary N) is 1. The van der Waals surface area contributed by atoms with E-state index in [-0.39, 0.29) is 48.6 Å². The lowest BCUT2D eigenvalue weighted by Crippen LogP contribution is -2.56. The molecule has 4 amide bonds. The fraction of sp³-hybridized carbons (Fsp3) is 0.386. The molecule has 4 aliphatic heterocycles. The molecule has 0 spiro atoms. The van der Waals surface area contributed by atoms with Crippen molar-refractivity contribution in [1.29, 1.82) is 0 Å². The number of rotatable bonds is 12. The quantitative estimate of drug-likeness (QED) is 0.0797. The van der Waals surface area contributed by atoms with Gasteiger partial charge in [0.15, 0.2) is 17.2 Å². The SMILES string of the molecule is CC[C@@]1(O)C(=O)OCc2c1cc1n(c2=O)Cc2c-1nc1cc(F)c(OC)cc1c2CN1CC[N+](C)(Cc2ccc(NC(=O)C(C)NC(=O)C(CN)N3C(=O)C=CC3=O)cc2)CC1. The second kappa shape index (κ2) is 16.2. The highest BCUT2D eigenvalue weighted by molar-refractivity contribution is 6.15. The van der Waals surface area contributed by atoms with Crippen molar-refractivity contribution in [3.63, 3.8) is 0 Å². The lowest BCUT2D eigenvalue weighted by Gasteiger charge is -2.42. The third kappa shape index (κ3) is 7.42. The number of aliphatic hydroxyl groups is 1. The topological polar surface area (TPSA) is 215 Å². The summed E-state index contributed by atoms with van der Waals surface area (Å²) in [4.78, 5) is 84.6. The average Bonchev–Trinajstić information content (AvgIpc) is 3.79. The molecule has 3 atom stereocenters. The van der Waals surface area contributed by atoms with E-state index in [1.54, 1.807) is 35.8 Å². The van der Waals surface area contributed by atoms with Crippen LogP contribution in [-0.2, 0) is 60.6 Å².